The largest absolute Gasteiger partial charge is 0.388 e. The molecule has 0 aliphatic carbocycles. The second-order valence-electron chi connectivity index (χ2n) is 4.61. The Kier molecular flexibility index (Phi) is 3.78. The van der Waals surface area contributed by atoms with Crippen LogP contribution in [0.25, 0.3) is 0 Å². The van der Waals surface area contributed by atoms with Crippen molar-refractivity contribution >= 4 is 5.91 Å². The highest BCUT2D eigenvalue weighted by Gasteiger charge is 2.36. The van der Waals surface area contributed by atoms with Crippen LogP contribution in [-0.4, -0.2) is 61.4 Å². The van der Waals surface area contributed by atoms with Gasteiger partial charge in [-0.3, -0.25) is 4.79 Å². The van der Waals surface area contributed by atoms with E-state index in [-0.39, 0.29) is 17.9 Å². The van der Waals surface area contributed by atoms with Crippen LogP contribution >= 0.6 is 0 Å². The number of ether oxygens (including phenoxy) is 1. The molecule has 16 heavy (non-hydrogen) atoms. The predicted molar refractivity (Wildman–Crippen MR) is 59.0 cm³/mol. The molecule has 2 fully saturated rings. The number of hydrogen-bond acceptors (Lipinski definition) is 4. The van der Waals surface area contributed by atoms with E-state index in [9.17, 15) is 9.90 Å². The highest BCUT2D eigenvalue weighted by atomic mass is 16.5. The zero-order chi connectivity index (χ0) is 11.5. The monoisotopic (exact) mass is 228 g/mol. The van der Waals surface area contributed by atoms with Gasteiger partial charge in [-0.15, -0.1) is 0 Å². The lowest BCUT2D eigenvalue weighted by Gasteiger charge is -2.26. The topological polar surface area (TPSA) is 61.8 Å². The van der Waals surface area contributed by atoms with Crippen molar-refractivity contribution in [3.05, 3.63) is 0 Å². The average Bonchev–Trinajstić information content (AvgIpc) is 2.71. The first kappa shape index (κ1) is 11.8. The number of aliphatic hydroxyl groups excluding tert-OH is 1. The van der Waals surface area contributed by atoms with E-state index in [4.69, 9.17) is 4.74 Å². The van der Waals surface area contributed by atoms with Crippen molar-refractivity contribution in [3.8, 4) is 0 Å². The summed E-state index contributed by atoms with van der Waals surface area (Å²) in [6.45, 7) is 2.78. The number of hydrogen-bond donors (Lipinski definition) is 2. The first-order chi connectivity index (χ1) is 7.72. The quantitative estimate of drug-likeness (QED) is 0.650. The maximum absolute atomic E-state index is 12.1. The number of rotatable bonds is 2. The Balaban J connectivity index is 1.90. The van der Waals surface area contributed by atoms with Crippen LogP contribution in [0.5, 0.6) is 0 Å². The molecule has 2 saturated heterocycles. The number of piperidine rings is 1. The summed E-state index contributed by atoms with van der Waals surface area (Å²) < 4.78 is 5.13. The molecule has 2 N–H and O–H groups in total. The molecular weight excluding hydrogens is 208 g/mol. The van der Waals surface area contributed by atoms with Gasteiger partial charge in [0.15, 0.2) is 0 Å². The Morgan fingerprint density at radius 2 is 2.06 bits per heavy atom. The summed E-state index contributed by atoms with van der Waals surface area (Å²) >= 11 is 0. The van der Waals surface area contributed by atoms with Crippen LogP contribution in [0.15, 0.2) is 0 Å². The molecule has 0 bridgehead atoms. The van der Waals surface area contributed by atoms with Gasteiger partial charge in [0.1, 0.15) is 6.10 Å². The molecule has 0 aromatic heterocycles. The molecule has 1 amide bonds. The normalized spacial score (nSPS) is 32.0. The van der Waals surface area contributed by atoms with Gasteiger partial charge in [0, 0.05) is 26.1 Å². The molecule has 5 heteroatoms. The molecule has 2 rings (SSSR count). The lowest BCUT2D eigenvalue weighted by atomic mass is 9.97. The molecule has 92 valence electrons. The third kappa shape index (κ3) is 2.36. The molecule has 0 unspecified atom stereocenters. The maximum atomic E-state index is 12.1. The summed E-state index contributed by atoms with van der Waals surface area (Å²) in [6, 6.07) is 0. The van der Waals surface area contributed by atoms with E-state index in [1.807, 2.05) is 0 Å². The number of amides is 1. The summed E-state index contributed by atoms with van der Waals surface area (Å²) in [5.74, 6) is 0.309. The molecule has 0 radical (unpaired) electrons. The molecule has 0 saturated carbocycles. The third-order valence-corrected chi connectivity index (χ3v) is 3.54. The second kappa shape index (κ2) is 5.12. The second-order valence-corrected chi connectivity index (χ2v) is 4.61. The van der Waals surface area contributed by atoms with Gasteiger partial charge in [0.25, 0.3) is 0 Å². The minimum atomic E-state index is -0.532. The summed E-state index contributed by atoms with van der Waals surface area (Å²) in [4.78, 5) is 13.9. The molecule has 5 nitrogen and oxygen atoms in total. The zero-order valence-corrected chi connectivity index (χ0v) is 9.69. The molecule has 0 aromatic carbocycles. The van der Waals surface area contributed by atoms with Gasteiger partial charge in [0.2, 0.25) is 5.91 Å². The minimum absolute atomic E-state index is 0.129. The van der Waals surface area contributed by atoms with Crippen LogP contribution in [0.3, 0.4) is 0 Å². The van der Waals surface area contributed by atoms with E-state index >= 15 is 0 Å². The fourth-order valence-corrected chi connectivity index (χ4v) is 2.50. The van der Waals surface area contributed by atoms with Crippen LogP contribution < -0.4 is 5.32 Å². The Bertz CT molecular complexity index is 254. The smallest absolute Gasteiger partial charge is 0.225 e. The van der Waals surface area contributed by atoms with Gasteiger partial charge in [0.05, 0.1) is 6.10 Å². The number of nitrogens with one attached hydrogen (secondary N) is 1. The van der Waals surface area contributed by atoms with Gasteiger partial charge in [-0.25, -0.2) is 0 Å². The summed E-state index contributed by atoms with van der Waals surface area (Å²) in [6.07, 6.45) is 1.06. The van der Waals surface area contributed by atoms with Crippen LogP contribution in [0.4, 0.5) is 0 Å². The molecular formula is C11H20N2O3. The van der Waals surface area contributed by atoms with E-state index in [0.29, 0.717) is 13.1 Å². The number of nitrogens with zero attached hydrogens (tertiary/aromatic N) is 1. The number of methoxy groups -OCH3 is 1. The molecule has 2 aliphatic rings. The number of β-amino-alcohol motifs (C(OH)–C–C–N with tert-alkyl or cyclic N) is 1. The molecule has 0 aromatic rings. The SMILES string of the molecule is CO[C@H]1CN(C(=O)C2CCNCC2)C[C@H]1O. The summed E-state index contributed by atoms with van der Waals surface area (Å²) in [5.41, 5.74) is 0. The van der Waals surface area contributed by atoms with Crippen molar-refractivity contribution in [3.63, 3.8) is 0 Å². The molecule has 2 atom stereocenters. The number of likely N-dealkylation sites (tertiary alicyclic amines) is 1. The van der Waals surface area contributed by atoms with Crippen molar-refractivity contribution in [2.75, 3.05) is 33.3 Å². The average molecular weight is 228 g/mol. The van der Waals surface area contributed by atoms with Crippen molar-refractivity contribution < 1.29 is 14.6 Å². The lowest BCUT2D eigenvalue weighted by molar-refractivity contribution is -0.135. The highest BCUT2D eigenvalue weighted by molar-refractivity contribution is 5.79. The van der Waals surface area contributed by atoms with Gasteiger partial charge in [-0.05, 0) is 25.9 Å². The van der Waals surface area contributed by atoms with E-state index < -0.39 is 6.10 Å². The first-order valence-corrected chi connectivity index (χ1v) is 5.92. The van der Waals surface area contributed by atoms with Gasteiger partial charge >= 0.3 is 0 Å². The summed E-state index contributed by atoms with van der Waals surface area (Å²) in [5, 5.41) is 12.9. The summed E-state index contributed by atoms with van der Waals surface area (Å²) in [7, 11) is 1.58. The molecule has 0 spiro atoms. The van der Waals surface area contributed by atoms with Crippen LogP contribution in [0, 0.1) is 5.92 Å². The Morgan fingerprint density at radius 3 is 2.62 bits per heavy atom. The van der Waals surface area contributed by atoms with E-state index in [0.717, 1.165) is 25.9 Å². The van der Waals surface area contributed by atoms with Crippen LogP contribution in [-0.2, 0) is 9.53 Å². The van der Waals surface area contributed by atoms with E-state index in [2.05, 4.69) is 5.32 Å². The van der Waals surface area contributed by atoms with Gasteiger partial charge in [-0.2, -0.15) is 0 Å². The standard InChI is InChI=1S/C11H20N2O3/c1-16-10-7-13(6-9(10)14)11(15)8-2-4-12-5-3-8/h8-10,12,14H,2-7H2,1H3/t9-,10+/m1/s1. The third-order valence-electron chi connectivity index (χ3n) is 3.54. The fourth-order valence-electron chi connectivity index (χ4n) is 2.50. The van der Waals surface area contributed by atoms with Crippen molar-refractivity contribution in [2.24, 2.45) is 5.92 Å². The molecule has 2 heterocycles. The Labute approximate surface area is 95.8 Å². The lowest BCUT2D eigenvalue weighted by Crippen LogP contribution is -2.40. The van der Waals surface area contributed by atoms with Crippen molar-refractivity contribution in [1.82, 2.24) is 10.2 Å². The first-order valence-electron chi connectivity index (χ1n) is 5.92. The molecule has 2 aliphatic heterocycles. The van der Waals surface area contributed by atoms with Gasteiger partial charge < -0.3 is 20.1 Å². The number of carbonyl (C=O) groups excluding carboxylic acids is 1. The zero-order valence-electron chi connectivity index (χ0n) is 9.69. The van der Waals surface area contributed by atoms with Crippen molar-refractivity contribution in [2.45, 2.75) is 25.0 Å². The Morgan fingerprint density at radius 1 is 1.38 bits per heavy atom. The highest BCUT2D eigenvalue weighted by Crippen LogP contribution is 2.20. The fraction of sp³-hybridized carbons (Fsp3) is 0.909. The maximum Gasteiger partial charge on any atom is 0.225 e. The van der Waals surface area contributed by atoms with E-state index in [1.165, 1.54) is 0 Å². The van der Waals surface area contributed by atoms with Crippen LogP contribution in [0.2, 0.25) is 0 Å². The predicted octanol–water partition coefficient (Wildman–Crippen LogP) is -0.796. The minimum Gasteiger partial charge on any atom is -0.388 e. The van der Waals surface area contributed by atoms with E-state index in [1.54, 1.807) is 12.0 Å². The van der Waals surface area contributed by atoms with Gasteiger partial charge in [-0.1, -0.05) is 0 Å². The number of aliphatic hydroxyl groups is 1. The number of carbonyl (C=O) groups is 1. The van der Waals surface area contributed by atoms with Crippen molar-refractivity contribution in [1.29, 1.82) is 0 Å². The van der Waals surface area contributed by atoms with Crippen LogP contribution in [0.1, 0.15) is 12.8 Å². The Hall–Kier alpha value is -0.650.